The van der Waals surface area contributed by atoms with Crippen LogP contribution in [0.25, 0.3) is 0 Å². The van der Waals surface area contributed by atoms with Crippen molar-refractivity contribution in [3.8, 4) is 0 Å². The van der Waals surface area contributed by atoms with Gasteiger partial charge in [0.15, 0.2) is 0 Å². The lowest BCUT2D eigenvalue weighted by atomic mass is 10.0. The van der Waals surface area contributed by atoms with Crippen LogP contribution in [0.1, 0.15) is 48.1 Å². The van der Waals surface area contributed by atoms with Crippen molar-refractivity contribution in [3.63, 3.8) is 0 Å². The van der Waals surface area contributed by atoms with E-state index in [9.17, 15) is 0 Å². The standard InChI is InChI=1S/C15H20ClN3S/c1-4-8-17-15(13-6-7-14(16)20-13)11-9-10(3)18-19-12(11)5-2/h6-7,9,15,17H,4-5,8H2,1-3H3. The van der Waals surface area contributed by atoms with Gasteiger partial charge in [0.2, 0.25) is 0 Å². The van der Waals surface area contributed by atoms with Gasteiger partial charge < -0.3 is 5.32 Å². The van der Waals surface area contributed by atoms with E-state index in [0.29, 0.717) is 0 Å². The van der Waals surface area contributed by atoms with Gasteiger partial charge in [-0.1, -0.05) is 25.4 Å². The molecule has 1 atom stereocenters. The molecule has 0 spiro atoms. The van der Waals surface area contributed by atoms with Crippen LogP contribution in [0.3, 0.4) is 0 Å². The summed E-state index contributed by atoms with van der Waals surface area (Å²) in [6.07, 6.45) is 1.97. The zero-order valence-electron chi connectivity index (χ0n) is 12.1. The highest BCUT2D eigenvalue weighted by Crippen LogP contribution is 2.32. The maximum Gasteiger partial charge on any atom is 0.0931 e. The van der Waals surface area contributed by atoms with Crippen molar-refractivity contribution in [1.82, 2.24) is 15.5 Å². The lowest BCUT2D eigenvalue weighted by Crippen LogP contribution is -2.24. The normalized spacial score (nSPS) is 12.6. The molecular weight excluding hydrogens is 290 g/mol. The average molecular weight is 310 g/mol. The van der Waals surface area contributed by atoms with Crippen LogP contribution in [0.15, 0.2) is 18.2 Å². The number of hydrogen-bond donors (Lipinski definition) is 1. The van der Waals surface area contributed by atoms with Crippen LogP contribution in [0.4, 0.5) is 0 Å². The second-order valence-corrected chi connectivity index (χ2v) is 6.52. The van der Waals surface area contributed by atoms with E-state index >= 15 is 0 Å². The molecule has 0 saturated carbocycles. The second kappa shape index (κ2) is 7.16. The van der Waals surface area contributed by atoms with Gasteiger partial charge in [-0.3, -0.25) is 0 Å². The van der Waals surface area contributed by atoms with Gasteiger partial charge in [-0.2, -0.15) is 10.2 Å². The van der Waals surface area contributed by atoms with Gasteiger partial charge in [0.25, 0.3) is 0 Å². The first-order chi connectivity index (χ1) is 9.65. The minimum absolute atomic E-state index is 0.150. The maximum absolute atomic E-state index is 6.09. The largest absolute Gasteiger partial charge is 0.306 e. The molecule has 5 heteroatoms. The van der Waals surface area contributed by atoms with Gasteiger partial charge >= 0.3 is 0 Å². The van der Waals surface area contributed by atoms with Crippen molar-refractivity contribution in [2.45, 2.75) is 39.7 Å². The van der Waals surface area contributed by atoms with E-state index in [0.717, 1.165) is 35.1 Å². The Morgan fingerprint density at radius 2 is 2.10 bits per heavy atom. The Balaban J connectivity index is 2.42. The van der Waals surface area contributed by atoms with Gasteiger partial charge in [0.1, 0.15) is 0 Å². The molecular formula is C15H20ClN3S. The summed E-state index contributed by atoms with van der Waals surface area (Å²) in [4.78, 5) is 1.23. The second-order valence-electron chi connectivity index (χ2n) is 4.77. The smallest absolute Gasteiger partial charge is 0.0931 e. The van der Waals surface area contributed by atoms with Gasteiger partial charge in [0, 0.05) is 4.88 Å². The van der Waals surface area contributed by atoms with Crippen LogP contribution < -0.4 is 5.32 Å². The highest BCUT2D eigenvalue weighted by atomic mass is 35.5. The van der Waals surface area contributed by atoms with Crippen molar-refractivity contribution in [2.24, 2.45) is 0 Å². The Labute approximate surface area is 129 Å². The molecule has 2 heterocycles. The van der Waals surface area contributed by atoms with Crippen molar-refractivity contribution >= 4 is 22.9 Å². The Morgan fingerprint density at radius 3 is 2.70 bits per heavy atom. The van der Waals surface area contributed by atoms with Crippen molar-refractivity contribution in [3.05, 3.63) is 44.4 Å². The highest BCUT2D eigenvalue weighted by molar-refractivity contribution is 7.16. The predicted molar refractivity (Wildman–Crippen MR) is 85.6 cm³/mol. The third-order valence-electron chi connectivity index (χ3n) is 3.15. The van der Waals surface area contributed by atoms with Crippen LogP contribution in [0.2, 0.25) is 4.34 Å². The molecule has 2 aromatic heterocycles. The first-order valence-electron chi connectivity index (χ1n) is 6.97. The molecule has 20 heavy (non-hydrogen) atoms. The Morgan fingerprint density at radius 1 is 1.30 bits per heavy atom. The summed E-state index contributed by atoms with van der Waals surface area (Å²) in [6, 6.07) is 6.33. The fourth-order valence-corrected chi connectivity index (χ4v) is 3.35. The quantitative estimate of drug-likeness (QED) is 0.871. The van der Waals surface area contributed by atoms with Crippen LogP contribution in [0, 0.1) is 6.92 Å². The van der Waals surface area contributed by atoms with Crippen LogP contribution in [-0.2, 0) is 6.42 Å². The number of halogens is 1. The van der Waals surface area contributed by atoms with E-state index in [1.807, 2.05) is 13.0 Å². The van der Waals surface area contributed by atoms with E-state index in [1.165, 1.54) is 10.4 Å². The summed E-state index contributed by atoms with van der Waals surface area (Å²) in [7, 11) is 0. The van der Waals surface area contributed by atoms with Gasteiger partial charge in [0.05, 0.1) is 21.8 Å². The molecule has 0 fully saturated rings. The summed E-state index contributed by atoms with van der Waals surface area (Å²) in [6.45, 7) is 7.22. The number of nitrogens with zero attached hydrogens (tertiary/aromatic N) is 2. The molecule has 2 rings (SSSR count). The third kappa shape index (κ3) is 3.57. The van der Waals surface area contributed by atoms with E-state index < -0.39 is 0 Å². The number of aromatic nitrogens is 2. The first kappa shape index (κ1) is 15.4. The SMILES string of the molecule is CCCNC(c1ccc(Cl)s1)c1cc(C)nnc1CC. The van der Waals surface area contributed by atoms with E-state index in [-0.39, 0.29) is 6.04 Å². The lowest BCUT2D eigenvalue weighted by Gasteiger charge is -2.20. The zero-order valence-corrected chi connectivity index (χ0v) is 13.7. The fraction of sp³-hybridized carbons (Fsp3) is 0.467. The summed E-state index contributed by atoms with van der Waals surface area (Å²) < 4.78 is 0.820. The molecule has 2 aromatic rings. The molecule has 108 valence electrons. The maximum atomic E-state index is 6.09. The Bertz CT molecular complexity index is 568. The van der Waals surface area contributed by atoms with Crippen LogP contribution >= 0.6 is 22.9 Å². The van der Waals surface area contributed by atoms with E-state index in [4.69, 9.17) is 11.6 Å². The summed E-state index contributed by atoms with van der Waals surface area (Å²) >= 11 is 7.71. The van der Waals surface area contributed by atoms with Crippen molar-refractivity contribution in [1.29, 1.82) is 0 Å². The van der Waals surface area contributed by atoms with Gasteiger partial charge in [-0.25, -0.2) is 0 Å². The molecule has 1 N–H and O–H groups in total. The number of thiophene rings is 1. The summed E-state index contributed by atoms with van der Waals surface area (Å²) in [5.74, 6) is 0. The molecule has 0 aliphatic heterocycles. The monoisotopic (exact) mass is 309 g/mol. The van der Waals surface area contributed by atoms with Gasteiger partial charge in [-0.15, -0.1) is 11.3 Å². The predicted octanol–water partition coefficient (Wildman–Crippen LogP) is 4.15. The van der Waals surface area contributed by atoms with Crippen LogP contribution in [-0.4, -0.2) is 16.7 Å². The lowest BCUT2D eigenvalue weighted by molar-refractivity contribution is 0.595. The Hall–Kier alpha value is -0.970. The van der Waals surface area contributed by atoms with Crippen LogP contribution in [0.5, 0.6) is 0 Å². The van der Waals surface area contributed by atoms with E-state index in [1.54, 1.807) is 11.3 Å². The van der Waals surface area contributed by atoms with Crippen molar-refractivity contribution < 1.29 is 0 Å². The minimum Gasteiger partial charge on any atom is -0.306 e. The minimum atomic E-state index is 0.150. The van der Waals surface area contributed by atoms with Gasteiger partial charge in [-0.05, 0) is 50.1 Å². The molecule has 0 saturated heterocycles. The summed E-state index contributed by atoms with van der Waals surface area (Å²) in [5, 5.41) is 12.1. The first-order valence-corrected chi connectivity index (χ1v) is 8.16. The Kier molecular flexibility index (Phi) is 5.52. The molecule has 1 unspecified atom stereocenters. The molecule has 0 aliphatic carbocycles. The molecule has 0 bridgehead atoms. The highest BCUT2D eigenvalue weighted by Gasteiger charge is 2.19. The fourth-order valence-electron chi connectivity index (χ4n) is 2.19. The molecule has 0 aliphatic rings. The summed E-state index contributed by atoms with van der Waals surface area (Å²) in [5.41, 5.74) is 3.21. The van der Waals surface area contributed by atoms with Crippen molar-refractivity contribution in [2.75, 3.05) is 6.54 Å². The number of aryl methyl sites for hydroxylation is 2. The number of rotatable bonds is 6. The molecule has 0 amide bonds. The zero-order chi connectivity index (χ0) is 14.5. The number of hydrogen-bond acceptors (Lipinski definition) is 4. The molecule has 0 aromatic carbocycles. The molecule has 3 nitrogen and oxygen atoms in total. The van der Waals surface area contributed by atoms with E-state index in [2.05, 4.69) is 41.5 Å². The number of nitrogens with one attached hydrogen (secondary N) is 1. The topological polar surface area (TPSA) is 37.8 Å². The third-order valence-corrected chi connectivity index (χ3v) is 4.44. The average Bonchev–Trinajstić information content (AvgIpc) is 2.86. The molecule has 0 radical (unpaired) electrons.